The minimum atomic E-state index is -0.300. The Morgan fingerprint density at radius 1 is 0.952 bits per heavy atom. The minimum absolute atomic E-state index is 0.300. The molecule has 0 aliphatic carbocycles. The summed E-state index contributed by atoms with van der Waals surface area (Å²) in [5, 5.41) is 9.10. The van der Waals surface area contributed by atoms with E-state index in [-0.39, 0.29) is 5.56 Å². The molecule has 0 aliphatic rings. The number of aromatic amines is 1. The minimum Gasteiger partial charge on any atom is -0.267 e. The van der Waals surface area contributed by atoms with Gasteiger partial charge in [-0.25, -0.2) is 5.10 Å². The van der Waals surface area contributed by atoms with Gasteiger partial charge in [-0.3, -0.25) is 4.79 Å². The molecule has 1 heterocycles. The van der Waals surface area contributed by atoms with Crippen molar-refractivity contribution in [3.63, 3.8) is 0 Å². The SMILES string of the molecule is O=c1[nH]nc(Cc2ccccc2Cl)c2cc(Cl)c(Cl)cc12. The number of halogens is 3. The van der Waals surface area contributed by atoms with Gasteiger partial charge in [-0.2, -0.15) is 5.10 Å². The van der Waals surface area contributed by atoms with E-state index in [0.717, 1.165) is 5.56 Å². The summed E-state index contributed by atoms with van der Waals surface area (Å²) in [5.41, 5.74) is 1.31. The molecule has 0 atom stereocenters. The monoisotopic (exact) mass is 338 g/mol. The van der Waals surface area contributed by atoms with Gasteiger partial charge in [0.15, 0.2) is 0 Å². The summed E-state index contributed by atoms with van der Waals surface area (Å²) in [6.45, 7) is 0. The number of rotatable bonds is 2. The highest BCUT2D eigenvalue weighted by atomic mass is 35.5. The molecular weight excluding hydrogens is 331 g/mol. The van der Waals surface area contributed by atoms with E-state index in [1.807, 2.05) is 24.3 Å². The molecule has 6 heteroatoms. The lowest BCUT2D eigenvalue weighted by Gasteiger charge is -2.07. The van der Waals surface area contributed by atoms with Crippen molar-refractivity contribution < 1.29 is 0 Å². The summed E-state index contributed by atoms with van der Waals surface area (Å²) in [7, 11) is 0. The maximum Gasteiger partial charge on any atom is 0.272 e. The fraction of sp³-hybridized carbons (Fsp3) is 0.0667. The zero-order chi connectivity index (χ0) is 15.0. The van der Waals surface area contributed by atoms with Crippen LogP contribution in [-0.2, 0) is 6.42 Å². The summed E-state index contributed by atoms with van der Waals surface area (Å²) in [5.74, 6) is 0. The van der Waals surface area contributed by atoms with Crippen LogP contribution in [0, 0.1) is 0 Å². The van der Waals surface area contributed by atoms with Crippen LogP contribution in [0.25, 0.3) is 10.8 Å². The van der Waals surface area contributed by atoms with E-state index in [1.165, 1.54) is 0 Å². The molecule has 0 saturated heterocycles. The van der Waals surface area contributed by atoms with Crippen molar-refractivity contribution in [1.29, 1.82) is 0 Å². The molecule has 106 valence electrons. The fourth-order valence-corrected chi connectivity index (χ4v) is 2.70. The van der Waals surface area contributed by atoms with Crippen molar-refractivity contribution in [3.05, 3.63) is 73.1 Å². The van der Waals surface area contributed by atoms with Crippen LogP contribution < -0.4 is 5.56 Å². The van der Waals surface area contributed by atoms with E-state index < -0.39 is 0 Å². The second kappa shape index (κ2) is 5.68. The van der Waals surface area contributed by atoms with Crippen molar-refractivity contribution >= 4 is 45.6 Å². The van der Waals surface area contributed by atoms with Gasteiger partial charge in [-0.1, -0.05) is 53.0 Å². The van der Waals surface area contributed by atoms with Crippen molar-refractivity contribution in [2.24, 2.45) is 0 Å². The molecular formula is C15H9Cl3N2O. The normalized spacial score (nSPS) is 11.0. The van der Waals surface area contributed by atoms with Gasteiger partial charge in [-0.05, 0) is 23.8 Å². The maximum atomic E-state index is 11.9. The molecule has 1 N–H and O–H groups in total. The molecule has 0 aliphatic heterocycles. The van der Waals surface area contributed by atoms with E-state index in [0.29, 0.717) is 38.0 Å². The standard InChI is InChI=1S/C15H9Cl3N2O/c16-11-4-2-1-3-8(11)5-14-9-6-12(17)13(18)7-10(9)15(21)20-19-14/h1-4,6-7H,5H2,(H,20,21). The smallest absolute Gasteiger partial charge is 0.267 e. The van der Waals surface area contributed by atoms with Crippen molar-refractivity contribution in [1.82, 2.24) is 10.2 Å². The predicted octanol–water partition coefficient (Wildman–Crippen LogP) is 4.47. The quantitative estimate of drug-likeness (QED) is 0.748. The predicted molar refractivity (Wildman–Crippen MR) is 86.6 cm³/mol. The average Bonchev–Trinajstić information content (AvgIpc) is 2.46. The van der Waals surface area contributed by atoms with Crippen LogP contribution in [0.15, 0.2) is 41.2 Å². The molecule has 3 rings (SSSR count). The molecule has 2 aromatic carbocycles. The number of hydrogen-bond acceptors (Lipinski definition) is 2. The van der Waals surface area contributed by atoms with Crippen LogP contribution in [-0.4, -0.2) is 10.2 Å². The van der Waals surface area contributed by atoms with E-state index in [2.05, 4.69) is 10.2 Å². The van der Waals surface area contributed by atoms with Gasteiger partial charge in [0.05, 0.1) is 21.1 Å². The molecule has 3 aromatic rings. The second-order valence-electron chi connectivity index (χ2n) is 4.58. The highest BCUT2D eigenvalue weighted by Gasteiger charge is 2.11. The molecule has 0 unspecified atom stereocenters. The Bertz CT molecular complexity index is 890. The van der Waals surface area contributed by atoms with E-state index >= 15 is 0 Å². The lowest BCUT2D eigenvalue weighted by Crippen LogP contribution is -2.11. The summed E-state index contributed by atoms with van der Waals surface area (Å²) in [6.07, 6.45) is 0.491. The van der Waals surface area contributed by atoms with Crippen LogP contribution >= 0.6 is 34.8 Å². The van der Waals surface area contributed by atoms with Crippen molar-refractivity contribution in [3.8, 4) is 0 Å². The van der Waals surface area contributed by atoms with Crippen molar-refractivity contribution in [2.45, 2.75) is 6.42 Å². The van der Waals surface area contributed by atoms with Gasteiger partial charge in [0.1, 0.15) is 0 Å². The largest absolute Gasteiger partial charge is 0.272 e. The summed E-state index contributed by atoms with van der Waals surface area (Å²) in [4.78, 5) is 11.9. The summed E-state index contributed by atoms with van der Waals surface area (Å²) >= 11 is 18.2. The molecule has 0 saturated carbocycles. The third-order valence-electron chi connectivity index (χ3n) is 3.22. The highest BCUT2D eigenvalue weighted by molar-refractivity contribution is 6.42. The lowest BCUT2D eigenvalue weighted by atomic mass is 10.0. The Labute approximate surface area is 135 Å². The number of fused-ring (bicyclic) bond motifs is 1. The maximum absolute atomic E-state index is 11.9. The number of nitrogens with one attached hydrogen (secondary N) is 1. The molecule has 0 amide bonds. The van der Waals surface area contributed by atoms with Gasteiger partial charge in [0.2, 0.25) is 0 Å². The second-order valence-corrected chi connectivity index (χ2v) is 5.80. The first-order valence-corrected chi connectivity index (χ1v) is 7.29. The number of aromatic nitrogens is 2. The topological polar surface area (TPSA) is 45.8 Å². The zero-order valence-corrected chi connectivity index (χ0v) is 12.9. The van der Waals surface area contributed by atoms with E-state index in [9.17, 15) is 4.79 Å². The first kappa shape index (κ1) is 14.4. The number of nitrogens with zero attached hydrogens (tertiary/aromatic N) is 1. The molecule has 1 aromatic heterocycles. The third-order valence-corrected chi connectivity index (χ3v) is 4.31. The Balaban J connectivity index is 2.20. The van der Waals surface area contributed by atoms with Gasteiger partial charge in [0, 0.05) is 16.8 Å². The van der Waals surface area contributed by atoms with Gasteiger partial charge in [0.25, 0.3) is 5.56 Å². The van der Waals surface area contributed by atoms with Gasteiger partial charge < -0.3 is 0 Å². The molecule has 0 fully saturated rings. The summed E-state index contributed by atoms with van der Waals surface area (Å²) in [6, 6.07) is 10.7. The highest BCUT2D eigenvalue weighted by Crippen LogP contribution is 2.28. The first-order chi connectivity index (χ1) is 10.1. The van der Waals surface area contributed by atoms with E-state index in [1.54, 1.807) is 12.1 Å². The number of hydrogen-bond donors (Lipinski definition) is 1. The first-order valence-electron chi connectivity index (χ1n) is 6.16. The summed E-state index contributed by atoms with van der Waals surface area (Å²) < 4.78 is 0. The Morgan fingerprint density at radius 2 is 1.62 bits per heavy atom. The Hall–Kier alpha value is -1.55. The van der Waals surface area contributed by atoms with Crippen LogP contribution in [0.1, 0.15) is 11.3 Å². The van der Waals surface area contributed by atoms with Gasteiger partial charge in [-0.15, -0.1) is 0 Å². The zero-order valence-electron chi connectivity index (χ0n) is 10.7. The molecule has 21 heavy (non-hydrogen) atoms. The van der Waals surface area contributed by atoms with Crippen LogP contribution in [0.4, 0.5) is 0 Å². The van der Waals surface area contributed by atoms with Crippen LogP contribution in [0.3, 0.4) is 0 Å². The fourth-order valence-electron chi connectivity index (χ4n) is 2.17. The molecule has 0 spiro atoms. The lowest BCUT2D eigenvalue weighted by molar-refractivity contribution is 0.934. The Morgan fingerprint density at radius 3 is 2.33 bits per heavy atom. The number of benzene rings is 2. The third kappa shape index (κ3) is 2.77. The van der Waals surface area contributed by atoms with Crippen molar-refractivity contribution in [2.75, 3.05) is 0 Å². The van der Waals surface area contributed by atoms with E-state index in [4.69, 9.17) is 34.8 Å². The van der Waals surface area contributed by atoms with Crippen LogP contribution in [0.5, 0.6) is 0 Å². The van der Waals surface area contributed by atoms with Gasteiger partial charge >= 0.3 is 0 Å². The van der Waals surface area contributed by atoms with Crippen LogP contribution in [0.2, 0.25) is 15.1 Å². The average molecular weight is 340 g/mol. The number of H-pyrrole nitrogens is 1. The Kier molecular flexibility index (Phi) is 3.89. The molecule has 0 radical (unpaired) electrons. The molecule has 3 nitrogen and oxygen atoms in total. The molecule has 0 bridgehead atoms.